The standard InChI is InChI=1S/C9H20O2Si/c1-4-5-6-7-9(2,3)8(10)11-12/h4-7H2,1-3,12H3. The monoisotopic (exact) mass is 188 g/mol. The van der Waals surface area contributed by atoms with Crippen LogP contribution < -0.4 is 0 Å². The zero-order valence-electron chi connectivity index (χ0n) is 8.64. The summed E-state index contributed by atoms with van der Waals surface area (Å²) in [5.74, 6) is -0.0368. The average molecular weight is 188 g/mol. The summed E-state index contributed by atoms with van der Waals surface area (Å²) in [7, 11) is 0.514. The van der Waals surface area contributed by atoms with Gasteiger partial charge in [0.25, 0.3) is 5.97 Å². The summed E-state index contributed by atoms with van der Waals surface area (Å²) in [5.41, 5.74) is -0.267. The fourth-order valence-corrected chi connectivity index (χ4v) is 1.75. The van der Waals surface area contributed by atoms with Gasteiger partial charge in [-0.05, 0) is 20.3 Å². The Bertz CT molecular complexity index is 143. The lowest BCUT2D eigenvalue weighted by atomic mass is 9.87. The maximum Gasteiger partial charge on any atom is 0.297 e. The van der Waals surface area contributed by atoms with E-state index in [0.29, 0.717) is 10.5 Å². The van der Waals surface area contributed by atoms with E-state index < -0.39 is 0 Å². The molecule has 72 valence electrons. The third-order valence-corrected chi connectivity index (χ3v) is 2.51. The number of carbonyl (C=O) groups excluding carboxylic acids is 1. The topological polar surface area (TPSA) is 26.3 Å². The number of carbonyl (C=O) groups is 1. The molecule has 0 rings (SSSR count). The van der Waals surface area contributed by atoms with Gasteiger partial charge in [-0.3, -0.25) is 4.79 Å². The molecule has 0 aliphatic rings. The quantitative estimate of drug-likeness (QED) is 0.482. The molecule has 0 aromatic carbocycles. The molecule has 0 bridgehead atoms. The van der Waals surface area contributed by atoms with Crippen molar-refractivity contribution in [3.05, 3.63) is 0 Å². The van der Waals surface area contributed by atoms with E-state index >= 15 is 0 Å². The van der Waals surface area contributed by atoms with Gasteiger partial charge in [0.1, 0.15) is 0 Å². The average Bonchev–Trinajstić information content (AvgIpc) is 2.03. The molecule has 12 heavy (non-hydrogen) atoms. The lowest BCUT2D eigenvalue weighted by molar-refractivity contribution is -0.144. The smallest absolute Gasteiger partial charge is 0.297 e. The van der Waals surface area contributed by atoms with Gasteiger partial charge >= 0.3 is 0 Å². The minimum absolute atomic E-state index is 0.0368. The molecule has 0 fully saturated rings. The highest BCUT2D eigenvalue weighted by Gasteiger charge is 2.26. The van der Waals surface area contributed by atoms with Gasteiger partial charge < -0.3 is 4.43 Å². The van der Waals surface area contributed by atoms with E-state index in [1.807, 2.05) is 13.8 Å². The van der Waals surface area contributed by atoms with E-state index in [2.05, 4.69) is 6.92 Å². The van der Waals surface area contributed by atoms with Crippen LogP contribution in [-0.2, 0) is 9.22 Å². The van der Waals surface area contributed by atoms with Crippen LogP contribution in [0.1, 0.15) is 46.5 Å². The predicted molar refractivity (Wildman–Crippen MR) is 54.0 cm³/mol. The third kappa shape index (κ3) is 3.90. The first-order valence-corrected chi connectivity index (χ1v) is 5.44. The Morgan fingerprint density at radius 1 is 1.42 bits per heavy atom. The fraction of sp³-hybridized carbons (Fsp3) is 0.889. The molecule has 3 heteroatoms. The zero-order chi connectivity index (χ0) is 9.61. The SMILES string of the molecule is CCCCCC(C)(C)C(=O)O[SiH3]. The maximum atomic E-state index is 11.2. The van der Waals surface area contributed by atoms with Crippen molar-refractivity contribution in [3.8, 4) is 0 Å². The number of rotatable bonds is 5. The molecular weight excluding hydrogens is 168 g/mol. The van der Waals surface area contributed by atoms with Crippen LogP contribution in [0.2, 0.25) is 0 Å². The molecule has 2 nitrogen and oxygen atoms in total. The molecule has 0 aliphatic carbocycles. The summed E-state index contributed by atoms with van der Waals surface area (Å²) in [6, 6.07) is 0. The summed E-state index contributed by atoms with van der Waals surface area (Å²) < 4.78 is 4.85. The van der Waals surface area contributed by atoms with Gasteiger partial charge in [0.2, 0.25) is 10.5 Å². The highest BCUT2D eigenvalue weighted by Crippen LogP contribution is 2.24. The number of hydrogen-bond acceptors (Lipinski definition) is 2. The van der Waals surface area contributed by atoms with E-state index in [4.69, 9.17) is 4.43 Å². The first-order valence-electron chi connectivity index (χ1n) is 4.63. The second-order valence-corrected chi connectivity index (χ2v) is 4.24. The van der Waals surface area contributed by atoms with E-state index in [0.717, 1.165) is 12.8 Å². The molecule has 0 spiro atoms. The lowest BCUT2D eigenvalue weighted by Gasteiger charge is -2.21. The van der Waals surface area contributed by atoms with Gasteiger partial charge in [-0.1, -0.05) is 26.2 Å². The fourth-order valence-electron chi connectivity index (χ4n) is 1.20. The van der Waals surface area contributed by atoms with Crippen LogP contribution >= 0.6 is 0 Å². The number of hydrogen-bond donors (Lipinski definition) is 0. The van der Waals surface area contributed by atoms with Crippen molar-refractivity contribution in [2.75, 3.05) is 0 Å². The van der Waals surface area contributed by atoms with Crippen molar-refractivity contribution >= 4 is 16.5 Å². The molecule has 0 saturated carbocycles. The summed E-state index contributed by atoms with van der Waals surface area (Å²) in [6.07, 6.45) is 4.48. The minimum atomic E-state index is -0.267. The molecule has 0 aliphatic heterocycles. The minimum Gasteiger partial charge on any atom is -0.528 e. The highest BCUT2D eigenvalue weighted by molar-refractivity contribution is 6.06. The van der Waals surface area contributed by atoms with Crippen molar-refractivity contribution < 1.29 is 9.22 Å². The Hall–Kier alpha value is -0.313. The van der Waals surface area contributed by atoms with Crippen molar-refractivity contribution in [1.29, 1.82) is 0 Å². The Balaban J connectivity index is 3.78. The summed E-state index contributed by atoms with van der Waals surface area (Å²) in [5, 5.41) is 0. The van der Waals surface area contributed by atoms with Crippen LogP contribution in [0, 0.1) is 5.41 Å². The summed E-state index contributed by atoms with van der Waals surface area (Å²) >= 11 is 0. The second-order valence-electron chi connectivity index (χ2n) is 3.83. The Morgan fingerprint density at radius 3 is 2.42 bits per heavy atom. The molecule has 0 amide bonds. The molecule has 0 aromatic heterocycles. The van der Waals surface area contributed by atoms with Gasteiger partial charge in [0.05, 0.1) is 5.41 Å². The van der Waals surface area contributed by atoms with Gasteiger partial charge in [-0.2, -0.15) is 0 Å². The molecule has 0 aromatic rings. The second kappa shape index (κ2) is 5.35. The zero-order valence-corrected chi connectivity index (χ0v) is 10.6. The Kier molecular flexibility index (Phi) is 5.21. The van der Waals surface area contributed by atoms with Crippen LogP contribution in [0.5, 0.6) is 0 Å². The van der Waals surface area contributed by atoms with Crippen molar-refractivity contribution in [3.63, 3.8) is 0 Å². The molecule has 0 unspecified atom stereocenters. The van der Waals surface area contributed by atoms with Crippen LogP contribution in [0.3, 0.4) is 0 Å². The predicted octanol–water partition coefficient (Wildman–Crippen LogP) is 1.42. The molecule has 0 N–H and O–H groups in total. The van der Waals surface area contributed by atoms with E-state index in [-0.39, 0.29) is 11.4 Å². The Morgan fingerprint density at radius 2 is 2.00 bits per heavy atom. The van der Waals surface area contributed by atoms with Crippen molar-refractivity contribution in [2.24, 2.45) is 5.41 Å². The van der Waals surface area contributed by atoms with Crippen LogP contribution in [0.4, 0.5) is 0 Å². The van der Waals surface area contributed by atoms with Gasteiger partial charge in [0.15, 0.2) is 0 Å². The first kappa shape index (κ1) is 11.7. The van der Waals surface area contributed by atoms with Crippen LogP contribution in [-0.4, -0.2) is 16.5 Å². The molecule has 0 heterocycles. The van der Waals surface area contributed by atoms with Crippen molar-refractivity contribution in [2.45, 2.75) is 46.5 Å². The number of unbranched alkanes of at least 4 members (excludes halogenated alkanes) is 2. The first-order chi connectivity index (χ1) is 5.54. The van der Waals surface area contributed by atoms with E-state index in [1.165, 1.54) is 12.8 Å². The van der Waals surface area contributed by atoms with Gasteiger partial charge in [0, 0.05) is 0 Å². The third-order valence-electron chi connectivity index (χ3n) is 2.14. The van der Waals surface area contributed by atoms with Gasteiger partial charge in [-0.25, -0.2) is 0 Å². The van der Waals surface area contributed by atoms with E-state index in [9.17, 15) is 4.79 Å². The molecule has 0 radical (unpaired) electrons. The lowest BCUT2D eigenvalue weighted by Crippen LogP contribution is -2.25. The molecule has 0 saturated heterocycles. The van der Waals surface area contributed by atoms with E-state index in [1.54, 1.807) is 0 Å². The molecular formula is C9H20O2Si. The Labute approximate surface area is 78.2 Å². The summed E-state index contributed by atoms with van der Waals surface area (Å²) in [4.78, 5) is 11.2. The van der Waals surface area contributed by atoms with Gasteiger partial charge in [-0.15, -0.1) is 0 Å². The molecule has 0 atom stereocenters. The maximum absolute atomic E-state index is 11.2. The largest absolute Gasteiger partial charge is 0.528 e. The normalized spacial score (nSPS) is 11.6. The van der Waals surface area contributed by atoms with Crippen molar-refractivity contribution in [1.82, 2.24) is 0 Å². The highest BCUT2D eigenvalue weighted by atomic mass is 28.2. The van der Waals surface area contributed by atoms with Crippen LogP contribution in [0.15, 0.2) is 0 Å². The summed E-state index contributed by atoms with van der Waals surface area (Å²) in [6.45, 7) is 6.09. The van der Waals surface area contributed by atoms with Crippen LogP contribution in [0.25, 0.3) is 0 Å².